The minimum Gasteiger partial charge on any atom is -0.354 e. The Kier molecular flexibility index (Phi) is 7.82. The summed E-state index contributed by atoms with van der Waals surface area (Å²) in [6, 6.07) is 0. The van der Waals surface area contributed by atoms with E-state index in [0.29, 0.717) is 6.54 Å². The van der Waals surface area contributed by atoms with E-state index in [0.717, 1.165) is 31.6 Å². The van der Waals surface area contributed by atoms with Crippen LogP contribution >= 0.6 is 0 Å². The molecule has 0 aliphatic rings. The molecule has 0 rings (SSSR count). The Morgan fingerprint density at radius 1 is 1.45 bits per heavy atom. The van der Waals surface area contributed by atoms with Crippen molar-refractivity contribution in [2.75, 3.05) is 33.4 Å². The van der Waals surface area contributed by atoms with E-state index >= 15 is 0 Å². The van der Waals surface area contributed by atoms with Crippen molar-refractivity contribution in [1.82, 2.24) is 14.9 Å². The molecule has 0 unspecified atom stereocenters. The third-order valence-electron chi connectivity index (χ3n) is 2.63. The van der Waals surface area contributed by atoms with E-state index in [-0.39, 0.29) is 0 Å². The molecule has 0 spiro atoms. The molecular weight excluding hydrogens is 276 g/mol. The smallest absolute Gasteiger partial charge is 0.209 e. The van der Waals surface area contributed by atoms with Crippen molar-refractivity contribution in [2.45, 2.75) is 32.2 Å². The molecule has 2 N–H and O–H groups in total. The van der Waals surface area contributed by atoms with E-state index in [2.05, 4.69) is 21.6 Å². The molecule has 0 bridgehead atoms. The highest BCUT2D eigenvalue weighted by Gasteiger charge is 2.22. The Hall–Kier alpha value is -1.08. The number of unbranched alkanes of at least 4 members (excludes halogenated alkanes) is 1. The maximum atomic E-state index is 11.3. The van der Waals surface area contributed by atoms with Crippen molar-refractivity contribution < 1.29 is 8.42 Å². The van der Waals surface area contributed by atoms with Gasteiger partial charge in [0.05, 0.1) is 6.26 Å². The fourth-order valence-corrected chi connectivity index (χ4v) is 2.88. The number of sulfonamides is 1. The molecule has 0 heterocycles. The van der Waals surface area contributed by atoms with Crippen LogP contribution in [0.2, 0.25) is 0 Å². The molecule has 0 aromatic carbocycles. The first kappa shape index (κ1) is 18.9. The molecule has 0 saturated heterocycles. The molecule has 0 atom stereocenters. The molecule has 0 aromatic heterocycles. The van der Waals surface area contributed by atoms with Crippen molar-refractivity contribution in [2.24, 2.45) is 4.99 Å². The Labute approximate surface area is 123 Å². The van der Waals surface area contributed by atoms with Gasteiger partial charge in [-0.2, -0.15) is 0 Å². The van der Waals surface area contributed by atoms with Crippen LogP contribution in [0.1, 0.15) is 26.7 Å². The number of nitrogens with one attached hydrogen (secondary N) is 2. The molecule has 118 valence electrons. The monoisotopic (exact) mass is 304 g/mol. The van der Waals surface area contributed by atoms with Crippen LogP contribution in [0.25, 0.3) is 0 Å². The van der Waals surface area contributed by atoms with Crippen LogP contribution in [0.3, 0.4) is 0 Å². The van der Waals surface area contributed by atoms with Crippen LogP contribution in [-0.2, 0) is 10.0 Å². The minimum atomic E-state index is -3.23. The maximum absolute atomic E-state index is 11.3. The summed E-state index contributed by atoms with van der Waals surface area (Å²) < 4.78 is 25.1. The van der Waals surface area contributed by atoms with E-state index in [1.807, 2.05) is 31.9 Å². The van der Waals surface area contributed by atoms with Crippen molar-refractivity contribution in [3.8, 4) is 0 Å². The lowest BCUT2D eigenvalue weighted by Crippen LogP contribution is -2.53. The second kappa shape index (κ2) is 8.26. The molecule has 0 amide bonds. The van der Waals surface area contributed by atoms with Crippen molar-refractivity contribution in [1.29, 1.82) is 0 Å². The summed E-state index contributed by atoms with van der Waals surface area (Å²) in [6.07, 6.45) is 5.02. The number of rotatable bonds is 8. The Morgan fingerprint density at radius 3 is 2.50 bits per heavy atom. The van der Waals surface area contributed by atoms with Gasteiger partial charge in [-0.25, -0.2) is 13.1 Å². The first-order valence-electron chi connectivity index (χ1n) is 6.63. The predicted molar refractivity (Wildman–Crippen MR) is 85.5 cm³/mol. The number of allylic oxidation sites excluding steroid dienone is 1. The number of aliphatic imine (C=N–C) groups is 1. The van der Waals surface area contributed by atoms with Crippen LogP contribution < -0.4 is 10.0 Å². The van der Waals surface area contributed by atoms with Gasteiger partial charge in [0.15, 0.2) is 5.96 Å². The second-order valence-electron chi connectivity index (χ2n) is 5.51. The lowest BCUT2D eigenvalue weighted by molar-refractivity contribution is 0.422. The van der Waals surface area contributed by atoms with Gasteiger partial charge in [-0.05, 0) is 26.7 Å². The highest BCUT2D eigenvalue weighted by atomic mass is 32.2. The highest BCUT2D eigenvalue weighted by Crippen LogP contribution is 2.02. The molecule has 6 nitrogen and oxygen atoms in total. The second-order valence-corrected chi connectivity index (χ2v) is 7.26. The molecule has 7 heteroatoms. The van der Waals surface area contributed by atoms with Crippen LogP contribution in [0.15, 0.2) is 17.6 Å². The average molecular weight is 304 g/mol. The number of hydrogen-bond acceptors (Lipinski definition) is 3. The molecule has 20 heavy (non-hydrogen) atoms. The summed E-state index contributed by atoms with van der Waals surface area (Å²) >= 11 is 0. The third kappa shape index (κ3) is 8.92. The Bertz CT molecular complexity index is 430. The molecule has 0 radical (unpaired) electrons. The van der Waals surface area contributed by atoms with Gasteiger partial charge in [0, 0.05) is 32.7 Å². The van der Waals surface area contributed by atoms with Crippen LogP contribution in [-0.4, -0.2) is 58.3 Å². The van der Waals surface area contributed by atoms with E-state index in [1.165, 1.54) is 0 Å². The zero-order valence-corrected chi connectivity index (χ0v) is 14.0. The van der Waals surface area contributed by atoms with Gasteiger partial charge >= 0.3 is 0 Å². The van der Waals surface area contributed by atoms with Gasteiger partial charge in [0.2, 0.25) is 10.0 Å². The molecule has 0 aromatic rings. The van der Waals surface area contributed by atoms with Crippen molar-refractivity contribution in [3.63, 3.8) is 0 Å². The molecule has 0 saturated carbocycles. The number of nitrogens with zero attached hydrogens (tertiary/aromatic N) is 2. The largest absolute Gasteiger partial charge is 0.354 e. The number of guanidine groups is 1. The standard InChI is InChI=1S/C13H28N4O2S/c1-7-8-9-10-17(5)12(14-4)15-11-13(2,3)16-20(6,18)19/h7,16H,1,8-11H2,2-6H3,(H,14,15). The molecule has 0 aliphatic heterocycles. The lowest BCUT2D eigenvalue weighted by atomic mass is 10.1. The van der Waals surface area contributed by atoms with E-state index in [4.69, 9.17) is 0 Å². The van der Waals surface area contributed by atoms with Gasteiger partial charge in [0.1, 0.15) is 0 Å². The van der Waals surface area contributed by atoms with Crippen molar-refractivity contribution in [3.05, 3.63) is 12.7 Å². The fourth-order valence-electron chi connectivity index (χ4n) is 1.80. The quantitative estimate of drug-likeness (QED) is 0.301. The zero-order valence-electron chi connectivity index (χ0n) is 13.2. The van der Waals surface area contributed by atoms with Gasteiger partial charge in [-0.3, -0.25) is 4.99 Å². The SMILES string of the molecule is C=CCCCN(C)C(=NC)NCC(C)(C)NS(C)(=O)=O. The molecular formula is C13H28N4O2S. The topological polar surface area (TPSA) is 73.8 Å². The van der Waals surface area contributed by atoms with E-state index < -0.39 is 15.6 Å². The van der Waals surface area contributed by atoms with Gasteiger partial charge in [0.25, 0.3) is 0 Å². The molecule has 0 fully saturated rings. The third-order valence-corrected chi connectivity index (χ3v) is 3.55. The summed E-state index contributed by atoms with van der Waals surface area (Å²) in [5.74, 6) is 0.748. The van der Waals surface area contributed by atoms with E-state index in [9.17, 15) is 8.42 Å². The summed E-state index contributed by atoms with van der Waals surface area (Å²) in [6.45, 7) is 8.67. The minimum absolute atomic E-state index is 0.457. The summed E-state index contributed by atoms with van der Waals surface area (Å²) in [5, 5.41) is 3.18. The summed E-state index contributed by atoms with van der Waals surface area (Å²) in [5.41, 5.74) is -0.578. The number of hydrogen-bond donors (Lipinski definition) is 2. The zero-order chi connectivity index (χ0) is 15.8. The summed E-state index contributed by atoms with van der Waals surface area (Å²) in [4.78, 5) is 6.21. The Morgan fingerprint density at radius 2 is 2.05 bits per heavy atom. The molecule has 0 aliphatic carbocycles. The predicted octanol–water partition coefficient (Wildman–Crippen LogP) is 0.788. The fraction of sp³-hybridized carbons (Fsp3) is 0.769. The van der Waals surface area contributed by atoms with Gasteiger partial charge < -0.3 is 10.2 Å². The van der Waals surface area contributed by atoms with Crippen LogP contribution in [0.5, 0.6) is 0 Å². The highest BCUT2D eigenvalue weighted by molar-refractivity contribution is 7.88. The van der Waals surface area contributed by atoms with E-state index in [1.54, 1.807) is 7.05 Å². The maximum Gasteiger partial charge on any atom is 0.209 e. The van der Waals surface area contributed by atoms with Gasteiger partial charge in [-0.1, -0.05) is 6.08 Å². The lowest BCUT2D eigenvalue weighted by Gasteiger charge is -2.29. The normalized spacial score (nSPS) is 13.2. The van der Waals surface area contributed by atoms with Crippen molar-refractivity contribution >= 4 is 16.0 Å². The first-order chi connectivity index (χ1) is 9.11. The first-order valence-corrected chi connectivity index (χ1v) is 8.52. The Balaban J connectivity index is 4.41. The van der Waals surface area contributed by atoms with Crippen LogP contribution in [0, 0.1) is 0 Å². The van der Waals surface area contributed by atoms with Gasteiger partial charge in [-0.15, -0.1) is 6.58 Å². The summed E-state index contributed by atoms with van der Waals surface area (Å²) in [7, 11) is 0.437. The average Bonchev–Trinajstić information content (AvgIpc) is 2.26. The van der Waals surface area contributed by atoms with Crippen LogP contribution in [0.4, 0.5) is 0 Å².